The van der Waals surface area contributed by atoms with Gasteiger partial charge in [0.15, 0.2) is 0 Å². The molecule has 0 unspecified atom stereocenters. The molecule has 1 amide bonds. The van der Waals surface area contributed by atoms with E-state index in [1.54, 1.807) is 30.1 Å². The summed E-state index contributed by atoms with van der Waals surface area (Å²) in [6, 6.07) is 16.4. The first-order valence-electron chi connectivity index (χ1n) is 9.81. The normalized spacial score (nSPS) is 15.8. The van der Waals surface area contributed by atoms with Crippen molar-refractivity contribution < 1.29 is 9.72 Å². The number of para-hydroxylation sites is 1. The molecule has 2 aromatic rings. The van der Waals surface area contributed by atoms with Crippen molar-refractivity contribution in [3.05, 3.63) is 75.8 Å². The zero-order chi connectivity index (χ0) is 19.9. The van der Waals surface area contributed by atoms with Crippen molar-refractivity contribution in [2.24, 2.45) is 0 Å². The maximum absolute atomic E-state index is 13.0. The van der Waals surface area contributed by atoms with Gasteiger partial charge in [0, 0.05) is 25.2 Å². The molecule has 1 aliphatic heterocycles. The molecule has 0 spiro atoms. The molecule has 0 radical (unpaired) electrons. The first-order valence-corrected chi connectivity index (χ1v) is 9.81. The van der Waals surface area contributed by atoms with Crippen LogP contribution in [0.15, 0.2) is 54.6 Å². The van der Waals surface area contributed by atoms with Crippen molar-refractivity contribution in [2.45, 2.75) is 31.7 Å². The Bertz CT molecular complexity index is 804. The first kappa shape index (κ1) is 20.0. The van der Waals surface area contributed by atoms with Crippen LogP contribution >= 0.6 is 0 Å². The van der Waals surface area contributed by atoms with Crippen LogP contribution in [0, 0.1) is 10.1 Å². The molecule has 0 aromatic heterocycles. The summed E-state index contributed by atoms with van der Waals surface area (Å²) in [5, 5.41) is 11.3. The van der Waals surface area contributed by atoms with E-state index in [-0.39, 0.29) is 24.1 Å². The number of rotatable bonds is 7. The highest BCUT2D eigenvalue weighted by Crippen LogP contribution is 2.25. The SMILES string of the molecule is CN(C(=O)Cc1ccccc1[N+](=O)[O-])[C@H](CN1CCCCC1)c1ccccc1. The highest BCUT2D eigenvalue weighted by atomic mass is 16.6. The van der Waals surface area contributed by atoms with Crippen molar-refractivity contribution in [2.75, 3.05) is 26.7 Å². The fourth-order valence-electron chi connectivity index (χ4n) is 3.81. The summed E-state index contributed by atoms with van der Waals surface area (Å²) >= 11 is 0. The number of nitrogens with zero attached hydrogens (tertiary/aromatic N) is 3. The van der Waals surface area contributed by atoms with Gasteiger partial charge in [-0.05, 0) is 31.5 Å². The van der Waals surface area contributed by atoms with E-state index in [2.05, 4.69) is 4.90 Å². The molecule has 1 aliphatic rings. The van der Waals surface area contributed by atoms with E-state index < -0.39 is 4.92 Å². The van der Waals surface area contributed by atoms with E-state index in [0.29, 0.717) is 5.56 Å². The number of carbonyl (C=O) groups excluding carboxylic acids is 1. The second kappa shape index (κ2) is 9.46. The number of benzene rings is 2. The summed E-state index contributed by atoms with van der Waals surface area (Å²) in [4.78, 5) is 28.0. The third-order valence-electron chi connectivity index (χ3n) is 5.46. The molecule has 0 bridgehead atoms. The predicted molar refractivity (Wildman–Crippen MR) is 109 cm³/mol. The van der Waals surface area contributed by atoms with Gasteiger partial charge >= 0.3 is 0 Å². The summed E-state index contributed by atoms with van der Waals surface area (Å²) in [6.07, 6.45) is 3.67. The van der Waals surface area contributed by atoms with E-state index >= 15 is 0 Å². The van der Waals surface area contributed by atoms with Crippen molar-refractivity contribution in [3.63, 3.8) is 0 Å². The number of likely N-dealkylation sites (tertiary alicyclic amines) is 1. The summed E-state index contributed by atoms with van der Waals surface area (Å²) in [7, 11) is 1.80. The maximum Gasteiger partial charge on any atom is 0.273 e. The van der Waals surface area contributed by atoms with E-state index in [1.807, 2.05) is 30.3 Å². The van der Waals surface area contributed by atoms with Gasteiger partial charge in [-0.15, -0.1) is 0 Å². The molecule has 1 fully saturated rings. The molecule has 0 N–H and O–H groups in total. The Labute approximate surface area is 165 Å². The lowest BCUT2D eigenvalue weighted by Gasteiger charge is -2.35. The van der Waals surface area contributed by atoms with Gasteiger partial charge < -0.3 is 9.80 Å². The molecular weight excluding hydrogens is 354 g/mol. The Kier molecular flexibility index (Phi) is 6.76. The summed E-state index contributed by atoms with van der Waals surface area (Å²) in [5.41, 5.74) is 1.54. The Balaban J connectivity index is 1.79. The molecule has 0 aliphatic carbocycles. The van der Waals surface area contributed by atoms with Gasteiger partial charge in [0.1, 0.15) is 0 Å². The summed E-state index contributed by atoms with van der Waals surface area (Å²) in [5.74, 6) is -0.111. The minimum absolute atomic E-state index is 0.00320. The Hall–Kier alpha value is -2.73. The minimum Gasteiger partial charge on any atom is -0.337 e. The lowest BCUT2D eigenvalue weighted by Crippen LogP contribution is -2.41. The number of piperidine rings is 1. The fourth-order valence-corrected chi connectivity index (χ4v) is 3.81. The van der Waals surface area contributed by atoms with E-state index in [9.17, 15) is 14.9 Å². The van der Waals surface area contributed by atoms with E-state index in [1.165, 1.54) is 25.3 Å². The predicted octanol–water partition coefficient (Wildman–Crippen LogP) is 3.82. The fraction of sp³-hybridized carbons (Fsp3) is 0.409. The number of hydrogen-bond acceptors (Lipinski definition) is 4. The van der Waals surface area contributed by atoms with Crippen LogP contribution in [0.25, 0.3) is 0 Å². The smallest absolute Gasteiger partial charge is 0.273 e. The molecule has 1 atom stereocenters. The number of amides is 1. The monoisotopic (exact) mass is 381 g/mol. The van der Waals surface area contributed by atoms with Crippen LogP contribution in [0.3, 0.4) is 0 Å². The lowest BCUT2D eigenvalue weighted by molar-refractivity contribution is -0.385. The number of nitro benzene ring substituents is 1. The molecule has 3 rings (SSSR count). The maximum atomic E-state index is 13.0. The summed E-state index contributed by atoms with van der Waals surface area (Å²) < 4.78 is 0. The highest BCUT2D eigenvalue weighted by molar-refractivity contribution is 5.80. The minimum atomic E-state index is -0.426. The quantitative estimate of drug-likeness (QED) is 0.540. The van der Waals surface area contributed by atoms with Crippen LogP contribution in [0.1, 0.15) is 36.4 Å². The number of hydrogen-bond donors (Lipinski definition) is 0. The molecular formula is C22H27N3O3. The van der Waals surface area contributed by atoms with E-state index in [4.69, 9.17) is 0 Å². The van der Waals surface area contributed by atoms with Crippen molar-refractivity contribution >= 4 is 11.6 Å². The molecule has 6 heteroatoms. The molecule has 0 saturated carbocycles. The second-order valence-electron chi connectivity index (χ2n) is 7.35. The molecule has 1 heterocycles. The molecule has 2 aromatic carbocycles. The highest BCUT2D eigenvalue weighted by Gasteiger charge is 2.26. The van der Waals surface area contributed by atoms with Gasteiger partial charge in [0.2, 0.25) is 5.91 Å². The van der Waals surface area contributed by atoms with Crippen LogP contribution in [-0.4, -0.2) is 47.3 Å². The van der Waals surface area contributed by atoms with Gasteiger partial charge in [-0.1, -0.05) is 55.0 Å². The molecule has 28 heavy (non-hydrogen) atoms. The van der Waals surface area contributed by atoms with Crippen LogP contribution in [0.4, 0.5) is 5.69 Å². The first-order chi connectivity index (χ1) is 13.6. The third kappa shape index (κ3) is 4.95. The van der Waals surface area contributed by atoms with Gasteiger partial charge in [-0.3, -0.25) is 14.9 Å². The van der Waals surface area contributed by atoms with Crippen LogP contribution in [0.2, 0.25) is 0 Å². The third-order valence-corrected chi connectivity index (χ3v) is 5.46. The molecule has 148 valence electrons. The Morgan fingerprint density at radius 3 is 2.39 bits per heavy atom. The number of nitro groups is 1. The topological polar surface area (TPSA) is 66.7 Å². The Morgan fingerprint density at radius 1 is 1.07 bits per heavy atom. The summed E-state index contributed by atoms with van der Waals surface area (Å²) in [6.45, 7) is 2.88. The lowest BCUT2D eigenvalue weighted by atomic mass is 10.0. The zero-order valence-corrected chi connectivity index (χ0v) is 16.3. The average molecular weight is 381 g/mol. The van der Waals surface area contributed by atoms with Crippen molar-refractivity contribution in [1.82, 2.24) is 9.80 Å². The average Bonchev–Trinajstić information content (AvgIpc) is 2.73. The van der Waals surface area contributed by atoms with Crippen LogP contribution in [0.5, 0.6) is 0 Å². The molecule has 6 nitrogen and oxygen atoms in total. The largest absolute Gasteiger partial charge is 0.337 e. The van der Waals surface area contributed by atoms with Crippen molar-refractivity contribution in [1.29, 1.82) is 0 Å². The van der Waals surface area contributed by atoms with E-state index in [0.717, 1.165) is 25.2 Å². The van der Waals surface area contributed by atoms with Gasteiger partial charge in [0.05, 0.1) is 17.4 Å². The second-order valence-corrected chi connectivity index (χ2v) is 7.35. The van der Waals surface area contributed by atoms with Gasteiger partial charge in [-0.2, -0.15) is 0 Å². The Morgan fingerprint density at radius 2 is 1.71 bits per heavy atom. The van der Waals surface area contributed by atoms with Crippen LogP contribution in [-0.2, 0) is 11.2 Å². The van der Waals surface area contributed by atoms with Gasteiger partial charge in [-0.25, -0.2) is 0 Å². The zero-order valence-electron chi connectivity index (χ0n) is 16.3. The van der Waals surface area contributed by atoms with Crippen LogP contribution < -0.4 is 0 Å². The van der Waals surface area contributed by atoms with Gasteiger partial charge in [0.25, 0.3) is 5.69 Å². The standard InChI is InChI=1S/C22H27N3O3/c1-23(22(26)16-19-12-6-7-13-20(19)25(27)28)21(18-10-4-2-5-11-18)17-24-14-8-3-9-15-24/h2,4-7,10-13,21H,3,8-9,14-17H2,1H3/t21-/m1/s1. The van der Waals surface area contributed by atoms with Crippen molar-refractivity contribution in [3.8, 4) is 0 Å². The molecule has 1 saturated heterocycles. The number of likely N-dealkylation sites (N-methyl/N-ethyl adjacent to an activating group) is 1. The number of carbonyl (C=O) groups is 1.